The molecule has 21 heavy (non-hydrogen) atoms. The molecule has 3 nitrogen and oxygen atoms in total. The van der Waals surface area contributed by atoms with Crippen molar-refractivity contribution in [3.8, 4) is 11.5 Å². The van der Waals surface area contributed by atoms with E-state index in [9.17, 15) is 5.11 Å². The molecule has 3 aromatic rings. The third-order valence-electron chi connectivity index (χ3n) is 3.49. The molecule has 3 aromatic carbocycles. The fourth-order valence-electron chi connectivity index (χ4n) is 2.35. The molecule has 0 unspecified atom stereocenters. The molecular formula is C18H17NO2. The Morgan fingerprint density at radius 3 is 2.52 bits per heavy atom. The molecule has 0 saturated carbocycles. The predicted molar refractivity (Wildman–Crippen MR) is 85.9 cm³/mol. The average Bonchev–Trinajstić information content (AvgIpc) is 2.53. The van der Waals surface area contributed by atoms with Crippen LogP contribution in [0.3, 0.4) is 0 Å². The van der Waals surface area contributed by atoms with Crippen LogP contribution in [0.25, 0.3) is 10.8 Å². The van der Waals surface area contributed by atoms with Gasteiger partial charge in [-0.25, -0.2) is 0 Å². The highest BCUT2D eigenvalue weighted by atomic mass is 16.5. The summed E-state index contributed by atoms with van der Waals surface area (Å²) >= 11 is 0. The van der Waals surface area contributed by atoms with Crippen molar-refractivity contribution in [3.05, 3.63) is 66.2 Å². The van der Waals surface area contributed by atoms with Gasteiger partial charge in [0.15, 0.2) is 11.5 Å². The van der Waals surface area contributed by atoms with Gasteiger partial charge < -0.3 is 15.2 Å². The Labute approximate surface area is 123 Å². The Hall–Kier alpha value is -2.68. The molecule has 0 aromatic heterocycles. The van der Waals surface area contributed by atoms with E-state index in [1.807, 2.05) is 18.2 Å². The van der Waals surface area contributed by atoms with Gasteiger partial charge in [0, 0.05) is 12.2 Å². The number of methoxy groups -OCH3 is 1. The number of aromatic hydroxyl groups is 1. The maximum atomic E-state index is 9.78. The number of phenolic OH excluding ortho intramolecular Hbond substituents is 1. The lowest BCUT2D eigenvalue weighted by atomic mass is 10.1. The van der Waals surface area contributed by atoms with Crippen molar-refractivity contribution < 1.29 is 9.84 Å². The van der Waals surface area contributed by atoms with Gasteiger partial charge >= 0.3 is 0 Å². The fourth-order valence-corrected chi connectivity index (χ4v) is 2.35. The van der Waals surface area contributed by atoms with Crippen LogP contribution in [-0.4, -0.2) is 12.2 Å². The number of hydrogen-bond acceptors (Lipinski definition) is 3. The van der Waals surface area contributed by atoms with Gasteiger partial charge in [-0.3, -0.25) is 0 Å². The minimum atomic E-state index is 0.162. The van der Waals surface area contributed by atoms with Crippen molar-refractivity contribution in [3.63, 3.8) is 0 Å². The second kappa shape index (κ2) is 5.75. The Balaban J connectivity index is 1.75. The van der Waals surface area contributed by atoms with E-state index in [4.69, 9.17) is 4.74 Å². The number of ether oxygens (including phenoxy) is 1. The highest BCUT2D eigenvalue weighted by molar-refractivity contribution is 5.85. The summed E-state index contributed by atoms with van der Waals surface area (Å²) in [6.07, 6.45) is 0. The second-order valence-electron chi connectivity index (χ2n) is 4.92. The smallest absolute Gasteiger partial charge is 0.160 e. The maximum Gasteiger partial charge on any atom is 0.160 e. The van der Waals surface area contributed by atoms with E-state index in [2.05, 4.69) is 35.6 Å². The van der Waals surface area contributed by atoms with Crippen molar-refractivity contribution in [1.82, 2.24) is 0 Å². The first-order valence-corrected chi connectivity index (χ1v) is 6.85. The summed E-state index contributed by atoms with van der Waals surface area (Å²) < 4.78 is 5.04. The molecule has 3 heteroatoms. The first kappa shape index (κ1) is 13.3. The van der Waals surface area contributed by atoms with Gasteiger partial charge in [0.2, 0.25) is 0 Å². The van der Waals surface area contributed by atoms with Crippen molar-refractivity contribution in [2.75, 3.05) is 12.4 Å². The Kier molecular flexibility index (Phi) is 3.65. The van der Waals surface area contributed by atoms with Gasteiger partial charge in [0.05, 0.1) is 7.11 Å². The zero-order valence-electron chi connectivity index (χ0n) is 11.8. The quantitative estimate of drug-likeness (QED) is 0.753. The van der Waals surface area contributed by atoms with E-state index >= 15 is 0 Å². The summed E-state index contributed by atoms with van der Waals surface area (Å²) in [6.45, 7) is 0.649. The number of phenols is 1. The van der Waals surface area contributed by atoms with E-state index in [0.717, 1.165) is 11.3 Å². The second-order valence-corrected chi connectivity index (χ2v) is 4.92. The predicted octanol–water partition coefficient (Wildman–Crippen LogP) is 4.17. The molecule has 0 bridgehead atoms. The molecule has 0 atom stereocenters. The first-order chi connectivity index (χ1) is 10.3. The number of rotatable bonds is 4. The van der Waals surface area contributed by atoms with E-state index in [-0.39, 0.29) is 5.75 Å². The molecule has 0 aliphatic heterocycles. The Bertz CT molecular complexity index is 768. The number of fused-ring (bicyclic) bond motifs is 1. The summed E-state index contributed by atoms with van der Waals surface area (Å²) in [5, 5.41) is 15.6. The first-order valence-electron chi connectivity index (χ1n) is 6.85. The number of nitrogens with one attached hydrogen (secondary N) is 1. The van der Waals surface area contributed by atoms with Crippen LogP contribution in [0, 0.1) is 0 Å². The molecule has 106 valence electrons. The largest absolute Gasteiger partial charge is 0.504 e. The van der Waals surface area contributed by atoms with Gasteiger partial charge in [-0.15, -0.1) is 0 Å². The van der Waals surface area contributed by atoms with Gasteiger partial charge in [-0.1, -0.05) is 36.4 Å². The summed E-state index contributed by atoms with van der Waals surface area (Å²) in [6, 6.07) is 20.0. The van der Waals surface area contributed by atoms with E-state index in [0.29, 0.717) is 12.3 Å². The molecule has 2 N–H and O–H groups in total. The molecule has 0 amide bonds. The molecule has 0 heterocycles. The molecular weight excluding hydrogens is 262 g/mol. The van der Waals surface area contributed by atoms with Crippen LogP contribution in [0.15, 0.2) is 60.7 Å². The minimum Gasteiger partial charge on any atom is -0.504 e. The lowest BCUT2D eigenvalue weighted by Crippen LogP contribution is -1.99. The molecule has 0 fully saturated rings. The molecule has 0 saturated heterocycles. The van der Waals surface area contributed by atoms with Crippen molar-refractivity contribution in [2.24, 2.45) is 0 Å². The van der Waals surface area contributed by atoms with Crippen molar-refractivity contribution in [1.29, 1.82) is 0 Å². The van der Waals surface area contributed by atoms with Crippen LogP contribution in [-0.2, 0) is 6.54 Å². The lowest BCUT2D eigenvalue weighted by Gasteiger charge is -2.09. The topological polar surface area (TPSA) is 41.5 Å². The molecule has 3 rings (SSSR count). The molecule has 0 aliphatic rings. The van der Waals surface area contributed by atoms with Crippen LogP contribution < -0.4 is 10.1 Å². The van der Waals surface area contributed by atoms with Gasteiger partial charge in [-0.2, -0.15) is 0 Å². The Morgan fingerprint density at radius 1 is 0.952 bits per heavy atom. The van der Waals surface area contributed by atoms with E-state index in [1.54, 1.807) is 19.2 Å². The fraction of sp³-hybridized carbons (Fsp3) is 0.111. The third-order valence-corrected chi connectivity index (χ3v) is 3.49. The Morgan fingerprint density at radius 2 is 1.76 bits per heavy atom. The third kappa shape index (κ3) is 2.92. The molecule has 0 aliphatic carbocycles. The van der Waals surface area contributed by atoms with Gasteiger partial charge in [0.1, 0.15) is 0 Å². The summed E-state index contributed by atoms with van der Waals surface area (Å²) in [4.78, 5) is 0. The molecule has 0 spiro atoms. The van der Waals surface area contributed by atoms with Crippen LogP contribution in [0.1, 0.15) is 5.56 Å². The SMILES string of the molecule is COc1ccc(CNc2ccc3ccccc3c2)cc1O. The van der Waals surface area contributed by atoms with Crippen molar-refractivity contribution >= 4 is 16.5 Å². The number of anilines is 1. The van der Waals surface area contributed by atoms with Gasteiger partial charge in [-0.05, 0) is 40.6 Å². The van der Waals surface area contributed by atoms with Crippen molar-refractivity contribution in [2.45, 2.75) is 6.54 Å². The summed E-state index contributed by atoms with van der Waals surface area (Å²) in [5.41, 5.74) is 2.06. The maximum absolute atomic E-state index is 9.78. The highest BCUT2D eigenvalue weighted by Gasteiger charge is 2.02. The molecule has 0 radical (unpaired) electrons. The number of hydrogen-bond donors (Lipinski definition) is 2. The van der Waals surface area contributed by atoms with Crippen LogP contribution in [0.5, 0.6) is 11.5 Å². The standard InChI is InChI=1S/C18H17NO2/c1-21-18-9-6-13(10-17(18)20)12-19-16-8-7-14-4-2-3-5-15(14)11-16/h2-11,19-20H,12H2,1H3. The van der Waals surface area contributed by atoms with Crippen LogP contribution in [0.4, 0.5) is 5.69 Å². The van der Waals surface area contributed by atoms with E-state index in [1.165, 1.54) is 10.8 Å². The van der Waals surface area contributed by atoms with Gasteiger partial charge in [0.25, 0.3) is 0 Å². The zero-order valence-corrected chi connectivity index (χ0v) is 11.8. The average molecular weight is 279 g/mol. The highest BCUT2D eigenvalue weighted by Crippen LogP contribution is 2.26. The monoisotopic (exact) mass is 279 g/mol. The van der Waals surface area contributed by atoms with Crippen LogP contribution in [0.2, 0.25) is 0 Å². The summed E-state index contributed by atoms with van der Waals surface area (Å²) in [5.74, 6) is 0.653. The normalized spacial score (nSPS) is 10.5. The minimum absolute atomic E-state index is 0.162. The summed E-state index contributed by atoms with van der Waals surface area (Å²) in [7, 11) is 1.54. The zero-order chi connectivity index (χ0) is 14.7. The lowest BCUT2D eigenvalue weighted by molar-refractivity contribution is 0.373. The van der Waals surface area contributed by atoms with E-state index < -0.39 is 0 Å². The number of benzene rings is 3. The van der Waals surface area contributed by atoms with Crippen LogP contribution >= 0.6 is 0 Å².